The summed E-state index contributed by atoms with van der Waals surface area (Å²) in [5.74, 6) is 0. The van der Waals surface area contributed by atoms with Crippen molar-refractivity contribution in [1.29, 1.82) is 0 Å². The molecular weight excluding hydrogens is 184 g/mol. The van der Waals surface area contributed by atoms with Crippen molar-refractivity contribution in [3.05, 3.63) is 0 Å². The van der Waals surface area contributed by atoms with Gasteiger partial charge in [-0.05, 0) is 64.8 Å². The van der Waals surface area contributed by atoms with Crippen LogP contribution < -0.4 is 0 Å². The fraction of sp³-hybridized carbons (Fsp3) is 1.00. The van der Waals surface area contributed by atoms with Crippen LogP contribution in [0.2, 0.25) is 0 Å². The lowest BCUT2D eigenvalue weighted by molar-refractivity contribution is 0.250. The fourth-order valence-corrected chi connectivity index (χ4v) is 3.36. The molecule has 1 aliphatic heterocycles. The number of nitrogens with zero attached hydrogens (tertiary/aromatic N) is 2. The Morgan fingerprint density at radius 3 is 2.53 bits per heavy atom. The summed E-state index contributed by atoms with van der Waals surface area (Å²) in [7, 11) is 4.34. The molecule has 1 spiro atoms. The third-order valence-electron chi connectivity index (χ3n) is 4.26. The van der Waals surface area contributed by atoms with Crippen molar-refractivity contribution in [3.63, 3.8) is 0 Å². The smallest absolute Gasteiger partial charge is 0.00385 e. The Bertz CT molecular complexity index is 195. The van der Waals surface area contributed by atoms with Gasteiger partial charge in [0.25, 0.3) is 0 Å². The maximum atomic E-state index is 2.70. The van der Waals surface area contributed by atoms with Crippen molar-refractivity contribution >= 4 is 0 Å². The van der Waals surface area contributed by atoms with Crippen molar-refractivity contribution in [3.8, 4) is 0 Å². The molecule has 0 bridgehead atoms. The van der Waals surface area contributed by atoms with Gasteiger partial charge in [0.2, 0.25) is 0 Å². The molecule has 88 valence electrons. The van der Waals surface area contributed by atoms with Crippen LogP contribution in [0.15, 0.2) is 0 Å². The Morgan fingerprint density at radius 2 is 1.87 bits per heavy atom. The number of hydrogen-bond donors (Lipinski definition) is 0. The van der Waals surface area contributed by atoms with Crippen LogP contribution in [0.25, 0.3) is 0 Å². The molecule has 1 saturated heterocycles. The summed E-state index contributed by atoms with van der Waals surface area (Å²) in [5, 5.41) is 0. The maximum Gasteiger partial charge on any atom is 0.00385 e. The topological polar surface area (TPSA) is 6.48 Å². The second-order valence-corrected chi connectivity index (χ2v) is 5.89. The van der Waals surface area contributed by atoms with Gasteiger partial charge in [0, 0.05) is 6.54 Å². The van der Waals surface area contributed by atoms with Crippen LogP contribution in [0.5, 0.6) is 0 Å². The summed E-state index contributed by atoms with van der Waals surface area (Å²) < 4.78 is 0. The second-order valence-electron chi connectivity index (χ2n) is 5.89. The van der Waals surface area contributed by atoms with Gasteiger partial charge in [-0.3, -0.25) is 0 Å². The van der Waals surface area contributed by atoms with Gasteiger partial charge < -0.3 is 9.80 Å². The van der Waals surface area contributed by atoms with Crippen LogP contribution in [-0.4, -0.2) is 50.1 Å². The lowest BCUT2D eigenvalue weighted by atomic mass is 9.86. The molecule has 0 N–H and O–H groups in total. The van der Waals surface area contributed by atoms with Crippen molar-refractivity contribution in [1.82, 2.24) is 9.80 Å². The molecule has 2 rings (SSSR count). The van der Waals surface area contributed by atoms with Gasteiger partial charge in [-0.15, -0.1) is 0 Å². The Kier molecular flexibility index (Phi) is 3.68. The average Bonchev–Trinajstić information content (AvgIpc) is 2.78. The molecule has 0 radical (unpaired) electrons. The summed E-state index contributed by atoms with van der Waals surface area (Å²) in [5.41, 5.74) is 0.762. The van der Waals surface area contributed by atoms with Gasteiger partial charge in [0.15, 0.2) is 0 Å². The van der Waals surface area contributed by atoms with E-state index in [1.54, 1.807) is 0 Å². The van der Waals surface area contributed by atoms with E-state index >= 15 is 0 Å². The SMILES string of the molecule is CN(C)CCCN1CCC2(CCCC2)C1. The highest BCUT2D eigenvalue weighted by molar-refractivity contribution is 4.93. The minimum atomic E-state index is 0.762. The molecule has 2 heteroatoms. The third-order valence-corrected chi connectivity index (χ3v) is 4.26. The predicted molar refractivity (Wildman–Crippen MR) is 65.1 cm³/mol. The van der Waals surface area contributed by atoms with Crippen molar-refractivity contribution < 1.29 is 0 Å². The maximum absolute atomic E-state index is 2.70. The first-order valence-electron chi connectivity index (χ1n) is 6.57. The van der Waals surface area contributed by atoms with E-state index in [2.05, 4.69) is 23.9 Å². The first-order chi connectivity index (χ1) is 7.20. The summed E-state index contributed by atoms with van der Waals surface area (Å²) >= 11 is 0. The molecule has 2 aliphatic rings. The average molecular weight is 210 g/mol. The quantitative estimate of drug-likeness (QED) is 0.702. The second kappa shape index (κ2) is 4.84. The van der Waals surface area contributed by atoms with E-state index < -0.39 is 0 Å². The first-order valence-corrected chi connectivity index (χ1v) is 6.57. The fourth-order valence-electron chi connectivity index (χ4n) is 3.36. The molecule has 15 heavy (non-hydrogen) atoms. The minimum absolute atomic E-state index is 0.762. The predicted octanol–water partition coefficient (Wildman–Crippen LogP) is 2.20. The normalized spacial score (nSPS) is 25.8. The van der Waals surface area contributed by atoms with Gasteiger partial charge in [0.1, 0.15) is 0 Å². The zero-order valence-corrected chi connectivity index (χ0v) is 10.5. The highest BCUT2D eigenvalue weighted by Gasteiger charge is 2.39. The van der Waals surface area contributed by atoms with Crippen LogP contribution in [0, 0.1) is 5.41 Å². The Balaban J connectivity index is 1.68. The number of rotatable bonds is 4. The third kappa shape index (κ3) is 2.94. The van der Waals surface area contributed by atoms with Crippen molar-refractivity contribution in [2.24, 2.45) is 5.41 Å². The van der Waals surface area contributed by atoms with E-state index in [1.165, 1.54) is 64.7 Å². The first kappa shape index (κ1) is 11.4. The lowest BCUT2D eigenvalue weighted by Crippen LogP contribution is -2.28. The van der Waals surface area contributed by atoms with E-state index in [0.29, 0.717) is 0 Å². The molecule has 1 heterocycles. The molecule has 0 amide bonds. The van der Waals surface area contributed by atoms with Gasteiger partial charge >= 0.3 is 0 Å². The lowest BCUT2D eigenvalue weighted by Gasteiger charge is -2.23. The number of hydrogen-bond acceptors (Lipinski definition) is 2. The van der Waals surface area contributed by atoms with Crippen molar-refractivity contribution in [2.45, 2.75) is 38.5 Å². The summed E-state index contributed by atoms with van der Waals surface area (Å²) in [6.07, 6.45) is 8.82. The van der Waals surface area contributed by atoms with Gasteiger partial charge in [0.05, 0.1) is 0 Å². The minimum Gasteiger partial charge on any atom is -0.309 e. The molecule has 0 aromatic rings. The van der Waals surface area contributed by atoms with Crippen LogP contribution in [0.3, 0.4) is 0 Å². The molecule has 2 nitrogen and oxygen atoms in total. The Labute approximate surface area is 94.6 Å². The van der Waals surface area contributed by atoms with Gasteiger partial charge in [-0.2, -0.15) is 0 Å². The van der Waals surface area contributed by atoms with E-state index in [-0.39, 0.29) is 0 Å². The van der Waals surface area contributed by atoms with Crippen LogP contribution >= 0.6 is 0 Å². The Hall–Kier alpha value is -0.0800. The largest absolute Gasteiger partial charge is 0.309 e. The van der Waals surface area contributed by atoms with E-state index in [4.69, 9.17) is 0 Å². The zero-order valence-electron chi connectivity index (χ0n) is 10.5. The molecule has 1 saturated carbocycles. The van der Waals surface area contributed by atoms with Gasteiger partial charge in [-0.25, -0.2) is 0 Å². The summed E-state index contributed by atoms with van der Waals surface area (Å²) in [4.78, 5) is 5.00. The highest BCUT2D eigenvalue weighted by Crippen LogP contribution is 2.45. The highest BCUT2D eigenvalue weighted by atomic mass is 15.2. The van der Waals surface area contributed by atoms with Crippen molar-refractivity contribution in [2.75, 3.05) is 40.3 Å². The van der Waals surface area contributed by atoms with Crippen LogP contribution in [0.1, 0.15) is 38.5 Å². The summed E-state index contributed by atoms with van der Waals surface area (Å²) in [6, 6.07) is 0. The number of likely N-dealkylation sites (tertiary alicyclic amines) is 1. The monoisotopic (exact) mass is 210 g/mol. The molecule has 0 atom stereocenters. The molecule has 2 fully saturated rings. The molecule has 1 aliphatic carbocycles. The zero-order chi connectivity index (χ0) is 10.7. The standard InChI is InChI=1S/C13H26N2/c1-14(2)9-5-10-15-11-8-13(12-15)6-3-4-7-13/h3-12H2,1-2H3. The molecule has 0 unspecified atom stereocenters. The van der Waals surface area contributed by atoms with Crippen LogP contribution in [0.4, 0.5) is 0 Å². The van der Waals surface area contributed by atoms with Crippen LogP contribution in [-0.2, 0) is 0 Å². The molecule has 0 aromatic heterocycles. The van der Waals surface area contributed by atoms with E-state index in [9.17, 15) is 0 Å². The van der Waals surface area contributed by atoms with E-state index in [1.807, 2.05) is 0 Å². The molecular formula is C13H26N2. The van der Waals surface area contributed by atoms with Gasteiger partial charge in [-0.1, -0.05) is 12.8 Å². The Morgan fingerprint density at radius 1 is 1.13 bits per heavy atom. The summed E-state index contributed by atoms with van der Waals surface area (Å²) in [6.45, 7) is 5.33. The van der Waals surface area contributed by atoms with E-state index in [0.717, 1.165) is 5.41 Å². The molecule has 0 aromatic carbocycles.